The Morgan fingerprint density at radius 2 is 2.14 bits per heavy atom. The first-order chi connectivity index (χ1) is 10.4. The monoisotopic (exact) mass is 290 g/mol. The predicted molar refractivity (Wildman–Crippen MR) is 84.4 cm³/mol. The zero-order valence-electron chi connectivity index (χ0n) is 12.7. The standard InChI is InChI=1S/C16H26N4O/c17-12-15(14-4-3-11-21-13-14)19-7-9-20(10-8-19)16-5-1-2-6-18-16/h1-2,5-6,14-15H,3-4,7-13,17H2. The minimum absolute atomic E-state index is 0.469. The molecular formula is C16H26N4O. The van der Waals surface area contributed by atoms with Gasteiger partial charge in [-0.2, -0.15) is 0 Å². The zero-order chi connectivity index (χ0) is 14.5. The first-order valence-electron chi connectivity index (χ1n) is 8.06. The third-order valence-corrected chi connectivity index (χ3v) is 4.74. The molecule has 2 unspecified atom stereocenters. The highest BCUT2D eigenvalue weighted by atomic mass is 16.5. The molecule has 0 radical (unpaired) electrons. The lowest BCUT2D eigenvalue weighted by Gasteiger charge is -2.43. The molecule has 0 aromatic carbocycles. The van der Waals surface area contributed by atoms with Gasteiger partial charge in [0.2, 0.25) is 0 Å². The molecule has 0 amide bonds. The van der Waals surface area contributed by atoms with E-state index in [0.717, 1.165) is 51.8 Å². The fraction of sp³-hybridized carbons (Fsp3) is 0.688. The Labute approximate surface area is 127 Å². The molecule has 0 spiro atoms. The summed E-state index contributed by atoms with van der Waals surface area (Å²) in [5.74, 6) is 1.69. The molecule has 0 saturated carbocycles. The van der Waals surface area contributed by atoms with Crippen LogP contribution in [0.3, 0.4) is 0 Å². The third kappa shape index (κ3) is 3.54. The van der Waals surface area contributed by atoms with Crippen molar-refractivity contribution in [1.82, 2.24) is 9.88 Å². The van der Waals surface area contributed by atoms with E-state index in [0.29, 0.717) is 12.0 Å². The number of nitrogens with two attached hydrogens (primary N) is 1. The SMILES string of the molecule is NCC(C1CCCOC1)N1CCN(c2ccccn2)CC1. The predicted octanol–water partition coefficient (Wildman–Crippen LogP) is 0.958. The summed E-state index contributed by atoms with van der Waals surface area (Å²) >= 11 is 0. The van der Waals surface area contributed by atoms with Gasteiger partial charge in [0.15, 0.2) is 0 Å². The Morgan fingerprint density at radius 3 is 2.76 bits per heavy atom. The van der Waals surface area contributed by atoms with Gasteiger partial charge in [0, 0.05) is 51.6 Å². The maximum atomic E-state index is 6.06. The van der Waals surface area contributed by atoms with Crippen LogP contribution in [-0.2, 0) is 4.74 Å². The number of pyridine rings is 1. The van der Waals surface area contributed by atoms with Gasteiger partial charge in [0.25, 0.3) is 0 Å². The lowest BCUT2D eigenvalue weighted by molar-refractivity contribution is 0.00979. The number of anilines is 1. The molecule has 3 heterocycles. The number of hydrogen-bond acceptors (Lipinski definition) is 5. The molecule has 2 atom stereocenters. The fourth-order valence-electron chi connectivity index (χ4n) is 3.53. The highest BCUT2D eigenvalue weighted by molar-refractivity contribution is 5.38. The Balaban J connectivity index is 1.56. The molecule has 3 rings (SSSR count). The van der Waals surface area contributed by atoms with Gasteiger partial charge < -0.3 is 15.4 Å². The van der Waals surface area contributed by atoms with E-state index in [1.54, 1.807) is 0 Å². The van der Waals surface area contributed by atoms with Gasteiger partial charge in [-0.1, -0.05) is 6.07 Å². The van der Waals surface area contributed by atoms with Crippen LogP contribution in [0.15, 0.2) is 24.4 Å². The van der Waals surface area contributed by atoms with Crippen molar-refractivity contribution in [3.05, 3.63) is 24.4 Å². The van der Waals surface area contributed by atoms with E-state index in [1.807, 2.05) is 12.3 Å². The lowest BCUT2D eigenvalue weighted by Crippen LogP contribution is -2.55. The van der Waals surface area contributed by atoms with E-state index < -0.39 is 0 Å². The highest BCUT2D eigenvalue weighted by Gasteiger charge is 2.30. The molecule has 5 heteroatoms. The normalized spacial score (nSPS) is 25.8. The summed E-state index contributed by atoms with van der Waals surface area (Å²) in [4.78, 5) is 9.36. The minimum Gasteiger partial charge on any atom is -0.381 e. The molecule has 2 aliphatic rings. The molecule has 0 aliphatic carbocycles. The van der Waals surface area contributed by atoms with Crippen molar-refractivity contribution >= 4 is 5.82 Å². The van der Waals surface area contributed by atoms with Gasteiger partial charge in [0.05, 0.1) is 6.61 Å². The molecule has 1 aromatic rings. The van der Waals surface area contributed by atoms with Crippen LogP contribution >= 0.6 is 0 Å². The second-order valence-corrected chi connectivity index (χ2v) is 5.99. The van der Waals surface area contributed by atoms with Crippen molar-refractivity contribution < 1.29 is 4.74 Å². The van der Waals surface area contributed by atoms with Gasteiger partial charge in [-0.05, 0) is 30.9 Å². The summed E-state index contributed by atoms with van der Waals surface area (Å²) in [6.07, 6.45) is 4.29. The van der Waals surface area contributed by atoms with Crippen LogP contribution in [-0.4, -0.2) is 61.9 Å². The second-order valence-electron chi connectivity index (χ2n) is 5.99. The molecule has 2 saturated heterocycles. The van der Waals surface area contributed by atoms with Crippen LogP contribution in [0.1, 0.15) is 12.8 Å². The summed E-state index contributed by atoms with van der Waals surface area (Å²) in [6.45, 7) is 6.72. The van der Waals surface area contributed by atoms with Gasteiger partial charge in [-0.15, -0.1) is 0 Å². The van der Waals surface area contributed by atoms with E-state index in [2.05, 4.69) is 26.9 Å². The molecule has 2 N–H and O–H groups in total. The largest absolute Gasteiger partial charge is 0.381 e. The molecular weight excluding hydrogens is 264 g/mol. The van der Waals surface area contributed by atoms with Crippen molar-refractivity contribution in [3.8, 4) is 0 Å². The van der Waals surface area contributed by atoms with Gasteiger partial charge in [-0.3, -0.25) is 4.90 Å². The molecule has 116 valence electrons. The summed E-state index contributed by atoms with van der Waals surface area (Å²) < 4.78 is 5.64. The molecule has 5 nitrogen and oxygen atoms in total. The van der Waals surface area contributed by atoms with Crippen LogP contribution in [0.25, 0.3) is 0 Å². The van der Waals surface area contributed by atoms with Crippen LogP contribution in [0.5, 0.6) is 0 Å². The highest BCUT2D eigenvalue weighted by Crippen LogP contribution is 2.23. The first kappa shape index (κ1) is 14.8. The zero-order valence-corrected chi connectivity index (χ0v) is 12.7. The number of ether oxygens (including phenoxy) is 1. The molecule has 1 aromatic heterocycles. The summed E-state index contributed by atoms with van der Waals surface area (Å²) in [6, 6.07) is 6.57. The van der Waals surface area contributed by atoms with Crippen molar-refractivity contribution in [3.63, 3.8) is 0 Å². The Hall–Kier alpha value is -1.17. The molecule has 2 aliphatic heterocycles. The number of rotatable bonds is 4. The third-order valence-electron chi connectivity index (χ3n) is 4.74. The summed E-state index contributed by atoms with van der Waals surface area (Å²) in [5, 5.41) is 0. The second kappa shape index (κ2) is 7.20. The van der Waals surface area contributed by atoms with E-state index in [4.69, 9.17) is 10.5 Å². The Kier molecular flexibility index (Phi) is 5.06. The fourth-order valence-corrected chi connectivity index (χ4v) is 3.53. The van der Waals surface area contributed by atoms with Gasteiger partial charge in [0.1, 0.15) is 5.82 Å². The number of hydrogen-bond donors (Lipinski definition) is 1. The smallest absolute Gasteiger partial charge is 0.128 e. The number of nitrogens with zero attached hydrogens (tertiary/aromatic N) is 3. The lowest BCUT2D eigenvalue weighted by atomic mass is 9.92. The number of aromatic nitrogens is 1. The van der Waals surface area contributed by atoms with Gasteiger partial charge >= 0.3 is 0 Å². The van der Waals surface area contributed by atoms with Crippen molar-refractivity contribution in [2.24, 2.45) is 11.7 Å². The summed E-state index contributed by atoms with van der Waals surface area (Å²) in [7, 11) is 0. The van der Waals surface area contributed by atoms with Gasteiger partial charge in [-0.25, -0.2) is 4.98 Å². The quantitative estimate of drug-likeness (QED) is 0.895. The van der Waals surface area contributed by atoms with Crippen LogP contribution in [0.4, 0.5) is 5.82 Å². The van der Waals surface area contributed by atoms with Crippen molar-refractivity contribution in [1.29, 1.82) is 0 Å². The average molecular weight is 290 g/mol. The van der Waals surface area contributed by atoms with E-state index in [-0.39, 0.29) is 0 Å². The Morgan fingerprint density at radius 1 is 1.29 bits per heavy atom. The summed E-state index contributed by atoms with van der Waals surface area (Å²) in [5.41, 5.74) is 6.06. The minimum atomic E-state index is 0.469. The average Bonchev–Trinajstić information content (AvgIpc) is 2.58. The topological polar surface area (TPSA) is 54.6 Å². The van der Waals surface area contributed by atoms with Crippen molar-refractivity contribution in [2.45, 2.75) is 18.9 Å². The van der Waals surface area contributed by atoms with E-state index >= 15 is 0 Å². The maximum Gasteiger partial charge on any atom is 0.128 e. The van der Waals surface area contributed by atoms with Crippen LogP contribution in [0.2, 0.25) is 0 Å². The number of piperazine rings is 1. The van der Waals surface area contributed by atoms with E-state index in [1.165, 1.54) is 12.8 Å². The molecule has 21 heavy (non-hydrogen) atoms. The first-order valence-corrected chi connectivity index (χ1v) is 8.06. The van der Waals surface area contributed by atoms with Crippen LogP contribution in [0, 0.1) is 5.92 Å². The van der Waals surface area contributed by atoms with Crippen LogP contribution < -0.4 is 10.6 Å². The van der Waals surface area contributed by atoms with E-state index in [9.17, 15) is 0 Å². The molecule has 2 fully saturated rings. The molecule has 0 bridgehead atoms. The Bertz CT molecular complexity index is 414. The van der Waals surface area contributed by atoms with Crippen molar-refractivity contribution in [2.75, 3.05) is 50.8 Å². The maximum absolute atomic E-state index is 6.06.